The molecule has 2 aromatic rings. The Hall–Kier alpha value is -2.62. The number of piperazine rings is 1. The summed E-state index contributed by atoms with van der Waals surface area (Å²) in [6, 6.07) is 0.133. The van der Waals surface area contributed by atoms with Gasteiger partial charge in [-0.1, -0.05) is 6.92 Å². The highest BCUT2D eigenvalue weighted by Gasteiger charge is 2.24. The summed E-state index contributed by atoms with van der Waals surface area (Å²) in [4.78, 5) is 48.6. The molecule has 1 aliphatic heterocycles. The van der Waals surface area contributed by atoms with Crippen molar-refractivity contribution in [1.29, 1.82) is 0 Å². The maximum Gasteiger partial charge on any atom is 0.332 e. The van der Waals surface area contributed by atoms with E-state index >= 15 is 0 Å². The lowest BCUT2D eigenvalue weighted by atomic mass is 10.2. The topological polar surface area (TPSA) is 88.6 Å². The molecule has 0 N–H and O–H groups in total. The minimum atomic E-state index is -0.314. The molecule has 1 saturated heterocycles. The van der Waals surface area contributed by atoms with Gasteiger partial charge in [0.15, 0.2) is 11.2 Å². The summed E-state index contributed by atoms with van der Waals surface area (Å²) in [5, 5.41) is 0. The summed E-state index contributed by atoms with van der Waals surface area (Å²) in [5.41, 5.74) is 0.360. The number of carbonyl (C=O) groups excluding carboxylic acids is 1. The highest BCUT2D eigenvalue weighted by Crippen LogP contribution is 2.13. The fourth-order valence-corrected chi connectivity index (χ4v) is 4.44. The van der Waals surface area contributed by atoms with E-state index in [1.807, 2.05) is 42.2 Å². The predicted molar refractivity (Wildman–Crippen MR) is 125 cm³/mol. The van der Waals surface area contributed by atoms with Gasteiger partial charge < -0.3 is 14.4 Å². The molecule has 10 heteroatoms. The average molecular weight is 448 g/mol. The molecule has 3 heterocycles. The van der Waals surface area contributed by atoms with Crippen LogP contribution >= 0.6 is 0 Å². The van der Waals surface area contributed by atoms with Crippen LogP contribution in [0.25, 0.3) is 11.2 Å². The van der Waals surface area contributed by atoms with Crippen LogP contribution in [0, 0.1) is 0 Å². The number of carbonyl (C=O) groups is 1. The third kappa shape index (κ3) is 4.60. The summed E-state index contributed by atoms with van der Waals surface area (Å²) >= 11 is 0. The lowest BCUT2D eigenvalue weighted by Crippen LogP contribution is -2.52. The molecular formula is C22H37N7O3. The summed E-state index contributed by atoms with van der Waals surface area (Å²) in [6.07, 6.45) is 2.43. The standard InChI is InChI=1S/C22H37N7O3/c1-6-11-29-19-18(20(30)25(5)21(29)31)24(4)17(23-19)10-9-12-26-13-15-28(16-14-26)22(32)27(7-2)8-3/h6-16H2,1-5H3. The van der Waals surface area contributed by atoms with E-state index in [-0.39, 0.29) is 17.3 Å². The quantitative estimate of drug-likeness (QED) is 0.599. The molecule has 0 spiro atoms. The first-order valence-electron chi connectivity index (χ1n) is 11.7. The van der Waals surface area contributed by atoms with Gasteiger partial charge in [-0.3, -0.25) is 18.8 Å². The molecule has 0 aliphatic carbocycles. The molecule has 0 atom stereocenters. The van der Waals surface area contributed by atoms with Crippen LogP contribution in [0.2, 0.25) is 0 Å². The van der Waals surface area contributed by atoms with Crippen LogP contribution in [0.4, 0.5) is 4.79 Å². The highest BCUT2D eigenvalue weighted by molar-refractivity contribution is 5.74. The molecule has 0 aromatic carbocycles. The Balaban J connectivity index is 1.63. The molecular weight excluding hydrogens is 410 g/mol. The van der Waals surface area contributed by atoms with Crippen LogP contribution in [0.3, 0.4) is 0 Å². The fourth-order valence-electron chi connectivity index (χ4n) is 4.44. The first-order valence-corrected chi connectivity index (χ1v) is 11.7. The van der Waals surface area contributed by atoms with Crippen molar-refractivity contribution in [2.75, 3.05) is 45.8 Å². The molecule has 0 bridgehead atoms. The van der Waals surface area contributed by atoms with Crippen molar-refractivity contribution >= 4 is 17.2 Å². The van der Waals surface area contributed by atoms with Crippen molar-refractivity contribution in [2.45, 2.75) is 46.6 Å². The molecule has 0 saturated carbocycles. The molecule has 2 amide bonds. The molecule has 1 aliphatic rings. The zero-order chi connectivity index (χ0) is 23.4. The number of fused-ring (bicyclic) bond motifs is 1. The van der Waals surface area contributed by atoms with Crippen molar-refractivity contribution < 1.29 is 4.79 Å². The van der Waals surface area contributed by atoms with Crippen LogP contribution in [-0.2, 0) is 27.1 Å². The Morgan fingerprint density at radius 3 is 2.22 bits per heavy atom. The molecule has 1 fully saturated rings. The number of hydrogen-bond acceptors (Lipinski definition) is 5. The molecule has 3 rings (SSSR count). The van der Waals surface area contributed by atoms with E-state index in [1.165, 1.54) is 11.6 Å². The molecule has 0 unspecified atom stereocenters. The predicted octanol–water partition coefficient (Wildman–Crippen LogP) is 0.856. The van der Waals surface area contributed by atoms with Crippen molar-refractivity contribution in [3.63, 3.8) is 0 Å². The highest BCUT2D eigenvalue weighted by atomic mass is 16.2. The Morgan fingerprint density at radius 1 is 0.969 bits per heavy atom. The van der Waals surface area contributed by atoms with Crippen LogP contribution in [-0.4, -0.2) is 85.2 Å². The molecule has 2 aromatic heterocycles. The number of amides is 2. The second kappa shape index (κ2) is 10.3. The Morgan fingerprint density at radius 2 is 1.62 bits per heavy atom. The van der Waals surface area contributed by atoms with E-state index in [0.717, 1.165) is 70.9 Å². The zero-order valence-electron chi connectivity index (χ0n) is 20.1. The van der Waals surface area contributed by atoms with E-state index < -0.39 is 0 Å². The first-order chi connectivity index (χ1) is 15.3. The normalized spacial score (nSPS) is 15.0. The van der Waals surface area contributed by atoms with Gasteiger partial charge in [0, 0.05) is 66.3 Å². The summed E-state index contributed by atoms with van der Waals surface area (Å²) in [6.45, 7) is 12.2. The van der Waals surface area contributed by atoms with Crippen LogP contribution in [0.5, 0.6) is 0 Å². The minimum Gasteiger partial charge on any atom is -0.325 e. The number of aromatic nitrogens is 4. The number of urea groups is 1. The van der Waals surface area contributed by atoms with Gasteiger partial charge in [0.05, 0.1) is 0 Å². The van der Waals surface area contributed by atoms with E-state index in [2.05, 4.69) is 9.88 Å². The van der Waals surface area contributed by atoms with Crippen molar-refractivity contribution in [1.82, 2.24) is 33.4 Å². The van der Waals surface area contributed by atoms with Crippen molar-refractivity contribution in [3.8, 4) is 0 Å². The largest absolute Gasteiger partial charge is 0.332 e. The number of imidazole rings is 1. The second-order valence-electron chi connectivity index (χ2n) is 8.44. The Kier molecular flexibility index (Phi) is 7.76. The number of hydrogen-bond donors (Lipinski definition) is 0. The van der Waals surface area contributed by atoms with E-state index in [9.17, 15) is 14.4 Å². The van der Waals surface area contributed by atoms with Gasteiger partial charge in [0.25, 0.3) is 5.56 Å². The zero-order valence-corrected chi connectivity index (χ0v) is 20.1. The van der Waals surface area contributed by atoms with Crippen LogP contribution in [0.15, 0.2) is 9.59 Å². The fraction of sp³-hybridized carbons (Fsp3) is 0.727. The van der Waals surface area contributed by atoms with E-state index in [1.54, 1.807) is 4.57 Å². The van der Waals surface area contributed by atoms with Crippen LogP contribution in [0.1, 0.15) is 39.4 Å². The summed E-state index contributed by atoms with van der Waals surface area (Å²) < 4.78 is 4.61. The van der Waals surface area contributed by atoms with Gasteiger partial charge in [-0.05, 0) is 33.2 Å². The maximum atomic E-state index is 12.7. The minimum absolute atomic E-state index is 0.133. The van der Waals surface area contributed by atoms with Gasteiger partial charge in [-0.2, -0.15) is 0 Å². The third-order valence-corrected chi connectivity index (χ3v) is 6.45. The molecule has 32 heavy (non-hydrogen) atoms. The summed E-state index contributed by atoms with van der Waals surface area (Å²) in [5.74, 6) is 0.822. The molecule has 178 valence electrons. The number of rotatable bonds is 8. The van der Waals surface area contributed by atoms with Gasteiger partial charge in [-0.25, -0.2) is 14.6 Å². The van der Waals surface area contributed by atoms with Gasteiger partial charge in [0.2, 0.25) is 0 Å². The molecule has 10 nitrogen and oxygen atoms in total. The lowest BCUT2D eigenvalue weighted by molar-refractivity contribution is 0.114. The number of aryl methyl sites for hydroxylation is 3. The third-order valence-electron chi connectivity index (χ3n) is 6.45. The Bertz CT molecular complexity index is 1060. The van der Waals surface area contributed by atoms with Crippen LogP contribution < -0.4 is 11.2 Å². The lowest BCUT2D eigenvalue weighted by Gasteiger charge is -2.37. The average Bonchev–Trinajstić information content (AvgIpc) is 3.12. The maximum absolute atomic E-state index is 12.7. The smallest absolute Gasteiger partial charge is 0.325 e. The summed E-state index contributed by atoms with van der Waals surface area (Å²) in [7, 11) is 3.37. The second-order valence-corrected chi connectivity index (χ2v) is 8.44. The number of nitrogens with zero attached hydrogens (tertiary/aromatic N) is 7. The van der Waals surface area contributed by atoms with Gasteiger partial charge >= 0.3 is 11.7 Å². The van der Waals surface area contributed by atoms with Gasteiger partial charge in [0.1, 0.15) is 5.82 Å². The first kappa shape index (κ1) is 24.0. The van der Waals surface area contributed by atoms with Crippen molar-refractivity contribution in [2.24, 2.45) is 14.1 Å². The Labute approximate surface area is 189 Å². The van der Waals surface area contributed by atoms with Crippen molar-refractivity contribution in [3.05, 3.63) is 26.7 Å². The van der Waals surface area contributed by atoms with E-state index in [4.69, 9.17) is 0 Å². The van der Waals surface area contributed by atoms with Gasteiger partial charge in [-0.15, -0.1) is 0 Å². The monoisotopic (exact) mass is 447 g/mol. The molecule has 0 radical (unpaired) electrons. The van der Waals surface area contributed by atoms with E-state index in [0.29, 0.717) is 17.7 Å². The SMILES string of the molecule is CCCn1c(=O)n(C)c(=O)c2c1nc(CCCN1CCN(C(=O)N(CC)CC)CC1)n2C.